The molecule has 2 N–H and O–H groups in total. The van der Waals surface area contributed by atoms with Gasteiger partial charge in [-0.15, -0.1) is 0 Å². The van der Waals surface area contributed by atoms with Crippen LogP contribution >= 0.6 is 15.9 Å². The van der Waals surface area contributed by atoms with Crippen molar-refractivity contribution in [2.45, 2.75) is 6.92 Å². The van der Waals surface area contributed by atoms with E-state index in [1.54, 1.807) is 31.2 Å². The Morgan fingerprint density at radius 3 is 2.45 bits per heavy atom. The van der Waals surface area contributed by atoms with Crippen LogP contribution in [0.5, 0.6) is 17.2 Å². The third-order valence-electron chi connectivity index (χ3n) is 4.09. The smallest absolute Gasteiger partial charge is 0.343 e. The highest BCUT2D eigenvalue weighted by Gasteiger charge is 2.28. The Morgan fingerprint density at radius 1 is 1.10 bits per heavy atom. The monoisotopic (exact) mass is 488 g/mol. The summed E-state index contributed by atoms with van der Waals surface area (Å²) in [7, 11) is 1.49. The zero-order valence-electron chi connectivity index (χ0n) is 16.5. The largest absolute Gasteiger partial charge is 0.497 e. The highest BCUT2D eigenvalue weighted by Crippen LogP contribution is 2.38. The molecule has 0 radical (unpaired) electrons. The third kappa shape index (κ3) is 5.10. The van der Waals surface area contributed by atoms with E-state index < -0.39 is 23.8 Å². The molecule has 0 bridgehead atoms. The molecule has 1 fully saturated rings. The van der Waals surface area contributed by atoms with Crippen molar-refractivity contribution in [1.82, 2.24) is 10.6 Å². The van der Waals surface area contributed by atoms with Gasteiger partial charge < -0.3 is 14.2 Å². The highest BCUT2D eigenvalue weighted by molar-refractivity contribution is 9.10. The number of nitrogens with one attached hydrogen (secondary N) is 2. The molecule has 2 aromatic carbocycles. The molecule has 1 heterocycles. The Labute approximate surface area is 185 Å². The average Bonchev–Trinajstić information content (AvgIpc) is 2.73. The number of methoxy groups -OCH3 is 1. The number of benzene rings is 2. The van der Waals surface area contributed by atoms with Crippen LogP contribution in [0, 0.1) is 0 Å². The zero-order valence-corrected chi connectivity index (χ0v) is 18.1. The lowest BCUT2D eigenvalue weighted by Crippen LogP contribution is -2.51. The fourth-order valence-electron chi connectivity index (χ4n) is 2.71. The quantitative estimate of drug-likeness (QED) is 0.277. The molecule has 1 aliphatic heterocycles. The number of hydrogen-bond acceptors (Lipinski definition) is 7. The number of barbiturate groups is 1. The Bertz CT molecular complexity index is 1090. The first-order valence-electron chi connectivity index (χ1n) is 9.03. The molecule has 0 spiro atoms. The zero-order chi connectivity index (χ0) is 22.5. The molecule has 10 heteroatoms. The standard InChI is InChI=1S/C21H17BrN2O7/c1-3-30-16-9-11(7-14-18(25)23-21(28)24-19(14)26)8-15(22)17(16)31-20(27)12-5-4-6-13(10-12)29-2/h4-10H,3H2,1-2H3,(H2,23,24,25,26,28). The summed E-state index contributed by atoms with van der Waals surface area (Å²) in [4.78, 5) is 47.7. The van der Waals surface area contributed by atoms with Gasteiger partial charge in [0.1, 0.15) is 11.3 Å². The molecule has 31 heavy (non-hydrogen) atoms. The number of halogens is 1. The van der Waals surface area contributed by atoms with Crippen LogP contribution in [0.4, 0.5) is 4.79 Å². The first kappa shape index (κ1) is 22.0. The molecule has 0 saturated carbocycles. The van der Waals surface area contributed by atoms with Crippen molar-refractivity contribution in [3.63, 3.8) is 0 Å². The molecule has 0 aliphatic carbocycles. The Kier molecular flexibility index (Phi) is 6.71. The van der Waals surface area contributed by atoms with E-state index in [0.717, 1.165) is 0 Å². The molecule has 3 rings (SSSR count). The first-order chi connectivity index (χ1) is 14.8. The van der Waals surface area contributed by atoms with Gasteiger partial charge in [0, 0.05) is 0 Å². The van der Waals surface area contributed by atoms with Gasteiger partial charge in [0.2, 0.25) is 0 Å². The van der Waals surface area contributed by atoms with E-state index in [-0.39, 0.29) is 29.2 Å². The lowest BCUT2D eigenvalue weighted by Gasteiger charge is -2.16. The van der Waals surface area contributed by atoms with Crippen LogP contribution in [0.3, 0.4) is 0 Å². The van der Waals surface area contributed by atoms with Gasteiger partial charge in [-0.2, -0.15) is 0 Å². The number of hydrogen-bond donors (Lipinski definition) is 2. The van der Waals surface area contributed by atoms with E-state index in [0.29, 0.717) is 15.8 Å². The van der Waals surface area contributed by atoms with Gasteiger partial charge >= 0.3 is 12.0 Å². The maximum Gasteiger partial charge on any atom is 0.343 e. The SMILES string of the molecule is CCOc1cc(C=C2C(=O)NC(=O)NC2=O)cc(Br)c1OC(=O)c1cccc(OC)c1. The topological polar surface area (TPSA) is 120 Å². The van der Waals surface area contributed by atoms with Crippen molar-refractivity contribution in [1.29, 1.82) is 0 Å². The van der Waals surface area contributed by atoms with Crippen LogP contribution in [0.15, 0.2) is 46.4 Å². The third-order valence-corrected chi connectivity index (χ3v) is 4.68. The normalized spacial score (nSPS) is 13.3. The van der Waals surface area contributed by atoms with Crippen molar-refractivity contribution >= 4 is 45.8 Å². The average molecular weight is 489 g/mol. The van der Waals surface area contributed by atoms with Crippen LogP contribution in [0.2, 0.25) is 0 Å². The van der Waals surface area contributed by atoms with Gasteiger partial charge in [0.05, 0.1) is 23.8 Å². The molecule has 0 unspecified atom stereocenters. The van der Waals surface area contributed by atoms with Gasteiger partial charge in [0.15, 0.2) is 11.5 Å². The Morgan fingerprint density at radius 2 is 1.81 bits per heavy atom. The fraction of sp³-hybridized carbons (Fsp3) is 0.143. The minimum atomic E-state index is -0.886. The number of carbonyl (C=O) groups is 4. The molecule has 9 nitrogen and oxygen atoms in total. The fourth-order valence-corrected chi connectivity index (χ4v) is 3.25. The molecule has 160 valence electrons. The van der Waals surface area contributed by atoms with Gasteiger partial charge in [0.25, 0.3) is 11.8 Å². The number of amides is 4. The second-order valence-corrected chi connectivity index (χ2v) is 7.03. The first-order valence-corrected chi connectivity index (χ1v) is 9.82. The predicted molar refractivity (Wildman–Crippen MR) is 113 cm³/mol. The lowest BCUT2D eigenvalue weighted by molar-refractivity contribution is -0.123. The summed E-state index contributed by atoms with van der Waals surface area (Å²) in [6, 6.07) is 8.65. The van der Waals surface area contributed by atoms with E-state index in [2.05, 4.69) is 15.9 Å². The van der Waals surface area contributed by atoms with E-state index >= 15 is 0 Å². The van der Waals surface area contributed by atoms with Crippen molar-refractivity contribution in [2.75, 3.05) is 13.7 Å². The molecule has 1 aliphatic rings. The second-order valence-electron chi connectivity index (χ2n) is 6.18. The summed E-state index contributed by atoms with van der Waals surface area (Å²) >= 11 is 3.34. The van der Waals surface area contributed by atoms with Gasteiger partial charge in [-0.1, -0.05) is 6.07 Å². The highest BCUT2D eigenvalue weighted by atomic mass is 79.9. The summed E-state index contributed by atoms with van der Waals surface area (Å²) < 4.78 is 16.6. The number of ether oxygens (including phenoxy) is 3. The molecular weight excluding hydrogens is 472 g/mol. The van der Waals surface area contributed by atoms with Crippen molar-refractivity contribution < 1.29 is 33.4 Å². The van der Waals surface area contributed by atoms with Crippen LogP contribution in [0.25, 0.3) is 6.08 Å². The number of imide groups is 2. The Hall–Kier alpha value is -3.66. The van der Waals surface area contributed by atoms with E-state index in [1.165, 1.54) is 25.3 Å². The van der Waals surface area contributed by atoms with Gasteiger partial charge in [-0.3, -0.25) is 20.2 Å². The molecule has 1 saturated heterocycles. The van der Waals surface area contributed by atoms with E-state index in [1.807, 2.05) is 10.6 Å². The summed E-state index contributed by atoms with van der Waals surface area (Å²) in [5.74, 6) is -1.43. The summed E-state index contributed by atoms with van der Waals surface area (Å²) in [5.41, 5.74) is 0.432. The number of carbonyl (C=O) groups excluding carboxylic acids is 4. The van der Waals surface area contributed by atoms with Crippen molar-refractivity contribution in [3.05, 3.63) is 57.6 Å². The predicted octanol–water partition coefficient (Wildman–Crippen LogP) is 2.83. The maximum atomic E-state index is 12.6. The number of urea groups is 1. The minimum Gasteiger partial charge on any atom is -0.497 e. The molecule has 2 aromatic rings. The molecule has 0 atom stereocenters. The van der Waals surface area contributed by atoms with E-state index in [9.17, 15) is 19.2 Å². The summed E-state index contributed by atoms with van der Waals surface area (Å²) in [6.07, 6.45) is 1.29. The van der Waals surface area contributed by atoms with Crippen LogP contribution in [-0.2, 0) is 9.59 Å². The van der Waals surface area contributed by atoms with Crippen molar-refractivity contribution in [2.24, 2.45) is 0 Å². The molecule has 4 amide bonds. The van der Waals surface area contributed by atoms with Crippen molar-refractivity contribution in [3.8, 4) is 17.2 Å². The summed E-state index contributed by atoms with van der Waals surface area (Å²) in [6.45, 7) is 2.02. The summed E-state index contributed by atoms with van der Waals surface area (Å²) in [5, 5.41) is 4.00. The molecule has 0 aromatic heterocycles. The minimum absolute atomic E-state index is 0.129. The van der Waals surface area contributed by atoms with Gasteiger partial charge in [-0.05, 0) is 64.8 Å². The van der Waals surface area contributed by atoms with Crippen LogP contribution in [0.1, 0.15) is 22.8 Å². The molecular formula is C21H17BrN2O7. The van der Waals surface area contributed by atoms with Crippen LogP contribution in [-0.4, -0.2) is 37.5 Å². The number of rotatable bonds is 6. The lowest BCUT2D eigenvalue weighted by atomic mass is 10.1. The maximum absolute atomic E-state index is 12.6. The second kappa shape index (κ2) is 9.43. The van der Waals surface area contributed by atoms with Crippen LogP contribution < -0.4 is 24.8 Å². The van der Waals surface area contributed by atoms with Gasteiger partial charge in [-0.25, -0.2) is 9.59 Å². The number of esters is 1. The van der Waals surface area contributed by atoms with E-state index in [4.69, 9.17) is 14.2 Å². The Balaban J connectivity index is 1.94.